The summed E-state index contributed by atoms with van der Waals surface area (Å²) < 4.78 is 0. The first kappa shape index (κ1) is 12.1. The summed E-state index contributed by atoms with van der Waals surface area (Å²) in [5.41, 5.74) is 7.87. The van der Waals surface area contributed by atoms with Gasteiger partial charge in [0, 0.05) is 6.04 Å². The molecule has 3 heteroatoms. The van der Waals surface area contributed by atoms with Crippen molar-refractivity contribution >= 4 is 0 Å². The van der Waals surface area contributed by atoms with Crippen LogP contribution in [-0.4, -0.2) is 24.5 Å². The Balaban J connectivity index is 2.25. The van der Waals surface area contributed by atoms with E-state index < -0.39 is 0 Å². The lowest BCUT2D eigenvalue weighted by Crippen LogP contribution is -2.28. The predicted octanol–water partition coefficient (Wildman–Crippen LogP) is 1.90. The Bertz CT molecular complexity index is 392. The van der Waals surface area contributed by atoms with Crippen LogP contribution in [0.1, 0.15) is 30.5 Å². The molecule has 1 heterocycles. The molecule has 17 heavy (non-hydrogen) atoms. The van der Waals surface area contributed by atoms with Crippen LogP contribution in [0.4, 0.5) is 0 Å². The normalized spacial score (nSPS) is 24.8. The quantitative estimate of drug-likeness (QED) is 0.861. The number of hydrogen-bond donors (Lipinski definition) is 1. The highest BCUT2D eigenvalue weighted by Gasteiger charge is 2.33. The molecule has 90 valence electrons. The van der Waals surface area contributed by atoms with Crippen LogP contribution in [-0.2, 0) is 0 Å². The van der Waals surface area contributed by atoms with Gasteiger partial charge in [-0.05, 0) is 49.7 Å². The summed E-state index contributed by atoms with van der Waals surface area (Å²) in [5.74, 6) is 0.544. The second-order valence-electron chi connectivity index (χ2n) is 4.59. The van der Waals surface area contributed by atoms with Crippen LogP contribution in [0.25, 0.3) is 0 Å². The van der Waals surface area contributed by atoms with E-state index in [0.29, 0.717) is 12.0 Å². The fraction of sp³-hybridized carbons (Fsp3) is 0.500. The van der Waals surface area contributed by atoms with E-state index in [-0.39, 0.29) is 0 Å². The highest BCUT2D eigenvalue weighted by molar-refractivity contribution is 5.33. The lowest BCUT2D eigenvalue weighted by Gasteiger charge is -2.27. The van der Waals surface area contributed by atoms with Crippen molar-refractivity contribution in [3.63, 3.8) is 0 Å². The van der Waals surface area contributed by atoms with Crippen molar-refractivity contribution in [3.05, 3.63) is 35.4 Å². The Morgan fingerprint density at radius 3 is 2.65 bits per heavy atom. The van der Waals surface area contributed by atoms with E-state index in [4.69, 9.17) is 11.0 Å². The first-order chi connectivity index (χ1) is 8.30. The fourth-order valence-corrected chi connectivity index (χ4v) is 2.77. The van der Waals surface area contributed by atoms with Crippen LogP contribution in [0, 0.1) is 17.2 Å². The summed E-state index contributed by atoms with van der Waals surface area (Å²) in [5, 5.41) is 8.81. The Kier molecular flexibility index (Phi) is 3.78. The van der Waals surface area contributed by atoms with Gasteiger partial charge in [-0.3, -0.25) is 4.90 Å². The van der Waals surface area contributed by atoms with Gasteiger partial charge in [0.1, 0.15) is 0 Å². The van der Waals surface area contributed by atoms with Crippen LogP contribution in [0.3, 0.4) is 0 Å². The molecule has 1 fully saturated rings. The monoisotopic (exact) mass is 229 g/mol. The highest BCUT2D eigenvalue weighted by Crippen LogP contribution is 2.36. The Labute approximate surface area is 103 Å². The van der Waals surface area contributed by atoms with Crippen molar-refractivity contribution in [2.24, 2.45) is 11.7 Å². The van der Waals surface area contributed by atoms with Gasteiger partial charge in [0.25, 0.3) is 0 Å². The van der Waals surface area contributed by atoms with Gasteiger partial charge in [-0.25, -0.2) is 0 Å². The number of likely N-dealkylation sites (tertiary alicyclic amines) is 1. The first-order valence-electron chi connectivity index (χ1n) is 6.24. The summed E-state index contributed by atoms with van der Waals surface area (Å²) in [6.45, 7) is 5.11. The van der Waals surface area contributed by atoms with Crippen molar-refractivity contribution in [2.45, 2.75) is 19.4 Å². The molecule has 2 unspecified atom stereocenters. The number of rotatable bonds is 3. The Morgan fingerprint density at radius 1 is 1.41 bits per heavy atom. The van der Waals surface area contributed by atoms with E-state index in [1.807, 2.05) is 12.1 Å². The number of benzene rings is 1. The second-order valence-corrected chi connectivity index (χ2v) is 4.59. The van der Waals surface area contributed by atoms with Gasteiger partial charge in [-0.2, -0.15) is 5.26 Å². The molecule has 2 N–H and O–H groups in total. The smallest absolute Gasteiger partial charge is 0.0991 e. The molecule has 1 aromatic rings. The standard InChI is InChI=1S/C14H19N3/c1-2-17-8-7-13(10-16)14(17)12-5-3-11(9-15)4-6-12/h3-6,13-14H,2,7-8,10,16H2,1H3. The number of hydrogen-bond acceptors (Lipinski definition) is 3. The Hall–Kier alpha value is -1.37. The maximum Gasteiger partial charge on any atom is 0.0991 e. The van der Waals surface area contributed by atoms with E-state index in [1.54, 1.807) is 0 Å². The molecule has 0 spiro atoms. The van der Waals surface area contributed by atoms with E-state index >= 15 is 0 Å². The van der Waals surface area contributed by atoms with E-state index in [2.05, 4.69) is 30.0 Å². The first-order valence-corrected chi connectivity index (χ1v) is 6.24. The lowest BCUT2D eigenvalue weighted by molar-refractivity contribution is 0.242. The average molecular weight is 229 g/mol. The number of nitrogens with two attached hydrogens (primary N) is 1. The van der Waals surface area contributed by atoms with Crippen LogP contribution in [0.2, 0.25) is 0 Å². The van der Waals surface area contributed by atoms with Gasteiger partial charge < -0.3 is 5.73 Å². The molecule has 1 aromatic carbocycles. The molecule has 1 aliphatic heterocycles. The molecule has 0 radical (unpaired) electrons. The van der Waals surface area contributed by atoms with Gasteiger partial charge in [-0.1, -0.05) is 19.1 Å². The topological polar surface area (TPSA) is 53.0 Å². The third kappa shape index (κ3) is 2.33. The van der Waals surface area contributed by atoms with Crippen LogP contribution in [0.5, 0.6) is 0 Å². The summed E-state index contributed by atoms with van der Waals surface area (Å²) >= 11 is 0. The van der Waals surface area contributed by atoms with Gasteiger partial charge in [0.2, 0.25) is 0 Å². The summed E-state index contributed by atoms with van der Waals surface area (Å²) in [4.78, 5) is 2.47. The van der Waals surface area contributed by atoms with E-state index in [0.717, 1.165) is 25.2 Å². The molecule has 0 aromatic heterocycles. The maximum atomic E-state index is 8.81. The van der Waals surface area contributed by atoms with Gasteiger partial charge in [-0.15, -0.1) is 0 Å². The zero-order valence-corrected chi connectivity index (χ0v) is 10.3. The predicted molar refractivity (Wildman–Crippen MR) is 68.3 cm³/mol. The second kappa shape index (κ2) is 5.31. The molecular weight excluding hydrogens is 210 g/mol. The molecule has 3 nitrogen and oxygen atoms in total. The molecule has 1 aliphatic rings. The van der Waals surface area contributed by atoms with Crippen LogP contribution >= 0.6 is 0 Å². The number of nitrogens with zero attached hydrogens (tertiary/aromatic N) is 2. The van der Waals surface area contributed by atoms with Crippen LogP contribution in [0.15, 0.2) is 24.3 Å². The minimum Gasteiger partial charge on any atom is -0.330 e. The average Bonchev–Trinajstić information content (AvgIpc) is 2.81. The zero-order valence-electron chi connectivity index (χ0n) is 10.3. The molecule has 2 rings (SSSR count). The zero-order chi connectivity index (χ0) is 12.3. The van der Waals surface area contributed by atoms with Crippen molar-refractivity contribution in [2.75, 3.05) is 19.6 Å². The third-order valence-electron chi connectivity index (χ3n) is 3.72. The van der Waals surface area contributed by atoms with E-state index in [9.17, 15) is 0 Å². The third-order valence-corrected chi connectivity index (χ3v) is 3.72. The maximum absolute atomic E-state index is 8.81. The Morgan fingerprint density at radius 2 is 2.12 bits per heavy atom. The van der Waals surface area contributed by atoms with Gasteiger partial charge in [0.15, 0.2) is 0 Å². The minimum atomic E-state index is 0.428. The van der Waals surface area contributed by atoms with Crippen molar-refractivity contribution in [1.29, 1.82) is 5.26 Å². The molecule has 0 amide bonds. The molecule has 0 saturated carbocycles. The largest absolute Gasteiger partial charge is 0.330 e. The molecule has 0 bridgehead atoms. The summed E-state index contributed by atoms with van der Waals surface area (Å²) in [6, 6.07) is 10.5. The van der Waals surface area contributed by atoms with Crippen molar-refractivity contribution in [3.8, 4) is 6.07 Å². The fourth-order valence-electron chi connectivity index (χ4n) is 2.77. The van der Waals surface area contributed by atoms with Crippen LogP contribution < -0.4 is 5.73 Å². The highest BCUT2D eigenvalue weighted by atomic mass is 15.2. The summed E-state index contributed by atoms with van der Waals surface area (Å²) in [7, 11) is 0. The van der Waals surface area contributed by atoms with Gasteiger partial charge in [0.05, 0.1) is 11.6 Å². The SMILES string of the molecule is CCN1CCC(CN)C1c1ccc(C#N)cc1. The minimum absolute atomic E-state index is 0.428. The van der Waals surface area contributed by atoms with Gasteiger partial charge >= 0.3 is 0 Å². The van der Waals surface area contributed by atoms with E-state index in [1.165, 1.54) is 12.0 Å². The lowest BCUT2D eigenvalue weighted by atomic mass is 9.93. The molecular formula is C14H19N3. The number of nitriles is 1. The molecule has 1 saturated heterocycles. The molecule has 2 atom stereocenters. The summed E-state index contributed by atoms with van der Waals surface area (Å²) in [6.07, 6.45) is 1.18. The molecule has 0 aliphatic carbocycles. The van der Waals surface area contributed by atoms with Crippen molar-refractivity contribution in [1.82, 2.24) is 4.90 Å². The van der Waals surface area contributed by atoms with Crippen molar-refractivity contribution < 1.29 is 0 Å².